The van der Waals surface area contributed by atoms with Crippen molar-refractivity contribution in [3.8, 4) is 0 Å². The van der Waals surface area contributed by atoms with E-state index in [9.17, 15) is 14.4 Å². The van der Waals surface area contributed by atoms with Crippen LogP contribution in [0.1, 0.15) is 34.2 Å². The fraction of sp³-hybridized carbons (Fsp3) is 0.300. The number of rotatable bonds is 8. The quantitative estimate of drug-likeness (QED) is 0.605. The van der Waals surface area contributed by atoms with Gasteiger partial charge in [-0.05, 0) is 57.4 Å². The molecule has 3 amide bonds. The summed E-state index contributed by atoms with van der Waals surface area (Å²) in [5.74, 6) is -0.885. The molecule has 0 saturated heterocycles. The van der Waals surface area contributed by atoms with E-state index in [1.807, 2.05) is 19.0 Å². The molecule has 0 saturated carbocycles. The summed E-state index contributed by atoms with van der Waals surface area (Å²) in [6.45, 7) is 2.81. The van der Waals surface area contributed by atoms with Crippen LogP contribution in [0.25, 0.3) is 0 Å². The SMILES string of the molecule is CC(=O)Nc1cccc(NC(=O)c2ccnc(C(=O)NCCCN(C)C)c2)c1. The fourth-order valence-corrected chi connectivity index (χ4v) is 2.46. The second-order valence-corrected chi connectivity index (χ2v) is 6.56. The predicted molar refractivity (Wildman–Crippen MR) is 108 cm³/mol. The van der Waals surface area contributed by atoms with E-state index in [1.165, 1.54) is 25.3 Å². The van der Waals surface area contributed by atoms with E-state index in [4.69, 9.17) is 0 Å². The number of nitrogens with one attached hydrogen (secondary N) is 3. The van der Waals surface area contributed by atoms with Crippen LogP contribution in [-0.4, -0.2) is 54.8 Å². The van der Waals surface area contributed by atoms with Crippen molar-refractivity contribution < 1.29 is 14.4 Å². The van der Waals surface area contributed by atoms with E-state index in [-0.39, 0.29) is 23.4 Å². The average Bonchev–Trinajstić information content (AvgIpc) is 2.64. The molecule has 28 heavy (non-hydrogen) atoms. The van der Waals surface area contributed by atoms with Gasteiger partial charge < -0.3 is 20.9 Å². The number of aromatic nitrogens is 1. The molecule has 1 aromatic carbocycles. The molecule has 1 aromatic heterocycles. The van der Waals surface area contributed by atoms with Crippen LogP contribution in [-0.2, 0) is 4.79 Å². The smallest absolute Gasteiger partial charge is 0.269 e. The first-order chi connectivity index (χ1) is 13.3. The van der Waals surface area contributed by atoms with Crippen LogP contribution in [0, 0.1) is 0 Å². The van der Waals surface area contributed by atoms with Crippen LogP contribution >= 0.6 is 0 Å². The third kappa shape index (κ3) is 6.81. The Kier molecular flexibility index (Phi) is 7.65. The molecule has 1 heterocycles. The summed E-state index contributed by atoms with van der Waals surface area (Å²) < 4.78 is 0. The summed E-state index contributed by atoms with van der Waals surface area (Å²) in [5.41, 5.74) is 1.61. The van der Waals surface area contributed by atoms with Crippen LogP contribution < -0.4 is 16.0 Å². The van der Waals surface area contributed by atoms with Gasteiger partial charge in [0.1, 0.15) is 5.69 Å². The summed E-state index contributed by atoms with van der Waals surface area (Å²) in [7, 11) is 3.94. The summed E-state index contributed by atoms with van der Waals surface area (Å²) in [4.78, 5) is 41.9. The van der Waals surface area contributed by atoms with Gasteiger partial charge in [0, 0.05) is 36.6 Å². The molecule has 148 valence electrons. The molecule has 0 atom stereocenters. The summed E-state index contributed by atoms with van der Waals surface area (Å²) >= 11 is 0. The third-order valence-electron chi connectivity index (χ3n) is 3.76. The Bertz CT molecular complexity index is 851. The Morgan fingerprint density at radius 2 is 1.71 bits per heavy atom. The monoisotopic (exact) mass is 383 g/mol. The molecule has 0 fully saturated rings. The number of pyridine rings is 1. The highest BCUT2D eigenvalue weighted by Gasteiger charge is 2.12. The molecule has 2 rings (SSSR count). The van der Waals surface area contributed by atoms with Gasteiger partial charge in [-0.15, -0.1) is 0 Å². The maximum Gasteiger partial charge on any atom is 0.269 e. The lowest BCUT2D eigenvalue weighted by Gasteiger charge is -2.10. The van der Waals surface area contributed by atoms with Crippen molar-refractivity contribution in [2.75, 3.05) is 37.8 Å². The number of carbonyl (C=O) groups is 3. The number of anilines is 2. The fourth-order valence-electron chi connectivity index (χ4n) is 2.46. The van der Waals surface area contributed by atoms with Gasteiger partial charge in [-0.2, -0.15) is 0 Å². The van der Waals surface area contributed by atoms with Gasteiger partial charge in [0.15, 0.2) is 0 Å². The zero-order valence-corrected chi connectivity index (χ0v) is 16.3. The van der Waals surface area contributed by atoms with Crippen molar-refractivity contribution in [1.82, 2.24) is 15.2 Å². The molecule has 8 nitrogen and oxygen atoms in total. The minimum Gasteiger partial charge on any atom is -0.351 e. The molecule has 0 unspecified atom stereocenters. The molecular weight excluding hydrogens is 358 g/mol. The Morgan fingerprint density at radius 1 is 1.00 bits per heavy atom. The van der Waals surface area contributed by atoms with E-state index in [0.29, 0.717) is 23.5 Å². The first-order valence-electron chi connectivity index (χ1n) is 8.93. The maximum atomic E-state index is 12.5. The summed E-state index contributed by atoms with van der Waals surface area (Å²) in [6.07, 6.45) is 2.25. The largest absolute Gasteiger partial charge is 0.351 e. The lowest BCUT2D eigenvalue weighted by Crippen LogP contribution is -2.28. The van der Waals surface area contributed by atoms with Gasteiger partial charge in [0.05, 0.1) is 0 Å². The summed E-state index contributed by atoms with van der Waals surface area (Å²) in [6, 6.07) is 9.80. The summed E-state index contributed by atoms with van der Waals surface area (Å²) in [5, 5.41) is 8.20. The zero-order valence-electron chi connectivity index (χ0n) is 16.3. The standard InChI is InChI=1S/C20H25N5O3/c1-14(26)23-16-6-4-7-17(13-16)24-19(27)15-8-10-21-18(12-15)20(28)22-9-5-11-25(2)3/h4,6-8,10,12-13H,5,9,11H2,1-3H3,(H,22,28)(H,23,26)(H,24,27). The van der Waals surface area contributed by atoms with E-state index in [0.717, 1.165) is 13.0 Å². The van der Waals surface area contributed by atoms with Crippen LogP contribution in [0.3, 0.4) is 0 Å². The highest BCUT2D eigenvalue weighted by molar-refractivity contribution is 6.06. The first kappa shape index (κ1) is 21.0. The van der Waals surface area contributed by atoms with Crippen LogP contribution in [0.15, 0.2) is 42.6 Å². The van der Waals surface area contributed by atoms with Gasteiger partial charge in [-0.25, -0.2) is 0 Å². The Labute approximate surface area is 164 Å². The molecule has 8 heteroatoms. The molecule has 0 bridgehead atoms. The van der Waals surface area contributed by atoms with Gasteiger partial charge in [-0.1, -0.05) is 6.07 Å². The number of carbonyl (C=O) groups excluding carboxylic acids is 3. The molecule has 0 radical (unpaired) electrons. The van der Waals surface area contributed by atoms with E-state index in [1.54, 1.807) is 24.3 Å². The van der Waals surface area contributed by atoms with E-state index < -0.39 is 0 Å². The van der Waals surface area contributed by atoms with Crippen LogP contribution in [0.2, 0.25) is 0 Å². The molecule has 0 aliphatic rings. The molecule has 2 aromatic rings. The minimum atomic E-state index is -0.371. The highest BCUT2D eigenvalue weighted by Crippen LogP contribution is 2.16. The van der Waals surface area contributed by atoms with Gasteiger partial charge in [0.2, 0.25) is 5.91 Å². The zero-order chi connectivity index (χ0) is 20.5. The lowest BCUT2D eigenvalue weighted by atomic mass is 10.2. The van der Waals surface area contributed by atoms with Crippen molar-refractivity contribution in [3.63, 3.8) is 0 Å². The Balaban J connectivity index is 2.00. The van der Waals surface area contributed by atoms with Crippen molar-refractivity contribution in [1.29, 1.82) is 0 Å². The van der Waals surface area contributed by atoms with Gasteiger partial charge >= 0.3 is 0 Å². The number of nitrogens with zero attached hydrogens (tertiary/aromatic N) is 2. The number of hydrogen-bond acceptors (Lipinski definition) is 5. The van der Waals surface area contributed by atoms with Crippen LogP contribution in [0.5, 0.6) is 0 Å². The van der Waals surface area contributed by atoms with Gasteiger partial charge in [0.25, 0.3) is 11.8 Å². The number of amides is 3. The van der Waals surface area contributed by atoms with Crippen molar-refractivity contribution >= 4 is 29.1 Å². The van der Waals surface area contributed by atoms with Crippen molar-refractivity contribution in [3.05, 3.63) is 53.9 Å². The van der Waals surface area contributed by atoms with E-state index >= 15 is 0 Å². The molecule has 0 spiro atoms. The third-order valence-corrected chi connectivity index (χ3v) is 3.76. The predicted octanol–water partition coefficient (Wildman–Crippen LogP) is 1.97. The van der Waals surface area contributed by atoms with Crippen molar-refractivity contribution in [2.24, 2.45) is 0 Å². The highest BCUT2D eigenvalue weighted by atomic mass is 16.2. The van der Waals surface area contributed by atoms with E-state index in [2.05, 4.69) is 20.9 Å². The lowest BCUT2D eigenvalue weighted by molar-refractivity contribution is -0.114. The number of hydrogen-bond donors (Lipinski definition) is 3. The first-order valence-corrected chi connectivity index (χ1v) is 8.93. The second-order valence-electron chi connectivity index (χ2n) is 6.56. The molecule has 0 aliphatic heterocycles. The van der Waals surface area contributed by atoms with Gasteiger partial charge in [-0.3, -0.25) is 19.4 Å². The molecular formula is C20H25N5O3. The average molecular weight is 383 g/mol. The number of benzene rings is 1. The topological polar surface area (TPSA) is 103 Å². The van der Waals surface area contributed by atoms with Crippen molar-refractivity contribution in [2.45, 2.75) is 13.3 Å². The normalized spacial score (nSPS) is 10.4. The second kappa shape index (κ2) is 10.2. The Hall–Kier alpha value is -3.26. The molecule has 3 N–H and O–H groups in total. The van der Waals surface area contributed by atoms with Crippen LogP contribution in [0.4, 0.5) is 11.4 Å². The Morgan fingerprint density at radius 3 is 2.39 bits per heavy atom. The minimum absolute atomic E-state index is 0.185. The molecule has 0 aliphatic carbocycles. The maximum absolute atomic E-state index is 12.5.